The highest BCUT2D eigenvalue weighted by molar-refractivity contribution is 6.07. The van der Waals surface area contributed by atoms with Gasteiger partial charge < -0.3 is 10.6 Å². The molecule has 44 heavy (non-hydrogen) atoms. The first-order chi connectivity index (χ1) is 20.6. The quantitative estimate of drug-likeness (QED) is 0.225. The Morgan fingerprint density at radius 3 is 2.30 bits per heavy atom. The van der Waals surface area contributed by atoms with Gasteiger partial charge in [-0.25, -0.2) is 9.78 Å². The number of aromatic nitrogens is 2. The third-order valence-corrected chi connectivity index (χ3v) is 7.01. The van der Waals surface area contributed by atoms with Crippen molar-refractivity contribution in [3.8, 4) is 0 Å². The summed E-state index contributed by atoms with van der Waals surface area (Å²) < 4.78 is 79.3. The van der Waals surface area contributed by atoms with Crippen molar-refractivity contribution in [3.05, 3.63) is 100 Å². The summed E-state index contributed by atoms with van der Waals surface area (Å²) in [4.78, 5) is 37.4. The van der Waals surface area contributed by atoms with Gasteiger partial charge in [0.05, 0.1) is 23.4 Å². The highest BCUT2D eigenvalue weighted by Gasteiger charge is 2.34. The molecule has 0 spiro atoms. The Bertz CT molecular complexity index is 1770. The molecule has 8 nitrogen and oxygen atoms in total. The van der Waals surface area contributed by atoms with Gasteiger partial charge in [0, 0.05) is 35.7 Å². The van der Waals surface area contributed by atoms with Gasteiger partial charge in [0.15, 0.2) is 0 Å². The van der Waals surface area contributed by atoms with Crippen LogP contribution in [0.1, 0.15) is 38.2 Å². The summed E-state index contributed by atoms with van der Waals surface area (Å²) in [5.41, 5.74) is 0.126. The molecule has 0 radical (unpaired) electrons. The van der Waals surface area contributed by atoms with E-state index in [1.165, 1.54) is 54.2 Å². The van der Waals surface area contributed by atoms with Crippen LogP contribution in [0.2, 0.25) is 0 Å². The average molecular weight is 615 g/mol. The van der Waals surface area contributed by atoms with Gasteiger partial charge in [-0.15, -0.1) is 0 Å². The number of rotatable bonds is 5. The van der Waals surface area contributed by atoms with Crippen LogP contribution in [0.4, 0.5) is 60.0 Å². The first kappa shape index (κ1) is 30.3. The third kappa shape index (κ3) is 6.14. The fourth-order valence-corrected chi connectivity index (χ4v) is 4.71. The maximum absolute atomic E-state index is 13.4. The van der Waals surface area contributed by atoms with Crippen LogP contribution in [-0.2, 0) is 18.9 Å². The van der Waals surface area contributed by atoms with E-state index in [1.807, 2.05) is 0 Å². The molecule has 0 saturated carbocycles. The largest absolute Gasteiger partial charge is 0.416 e. The Hall–Kier alpha value is -5.14. The van der Waals surface area contributed by atoms with Crippen molar-refractivity contribution in [2.75, 3.05) is 27.5 Å². The molecule has 14 heteroatoms. The second kappa shape index (κ2) is 11.2. The van der Waals surface area contributed by atoms with E-state index in [2.05, 4.69) is 20.6 Å². The molecule has 0 saturated heterocycles. The standard InChI is InChI=1S/C30H24F6N6O2/c1-16-7-9-21(12-23(16)30(34,35)36)39-27-37-14-19-15-42(28(44)41(3)25(19)40-27)24-13-22(10-8-17(24)2)38-26(43)18-5-4-6-20(11-18)29(31,32)33/h4-14H,15H2,1-3H3,(H,38,43)(H,37,39,40). The summed E-state index contributed by atoms with van der Waals surface area (Å²) in [7, 11) is 1.48. The summed E-state index contributed by atoms with van der Waals surface area (Å²) in [6, 6.07) is 12.0. The second-order valence-electron chi connectivity index (χ2n) is 10.2. The molecule has 0 bridgehead atoms. The predicted octanol–water partition coefficient (Wildman–Crippen LogP) is 7.70. The molecule has 2 heterocycles. The zero-order valence-corrected chi connectivity index (χ0v) is 23.4. The van der Waals surface area contributed by atoms with Crippen LogP contribution >= 0.6 is 0 Å². The molecular formula is C30H24F6N6O2. The molecular weight excluding hydrogens is 590 g/mol. The number of carbonyl (C=O) groups excluding carboxylic acids is 2. The van der Waals surface area contributed by atoms with E-state index in [1.54, 1.807) is 19.1 Å². The number of halogens is 6. The molecule has 0 atom stereocenters. The van der Waals surface area contributed by atoms with Gasteiger partial charge >= 0.3 is 18.4 Å². The Kier molecular flexibility index (Phi) is 7.70. The van der Waals surface area contributed by atoms with Crippen LogP contribution in [0.15, 0.2) is 66.9 Å². The van der Waals surface area contributed by atoms with E-state index in [9.17, 15) is 35.9 Å². The number of fused-ring (bicyclic) bond motifs is 1. The van der Waals surface area contributed by atoms with Crippen LogP contribution in [0.3, 0.4) is 0 Å². The van der Waals surface area contributed by atoms with Crippen LogP contribution in [0.25, 0.3) is 0 Å². The summed E-state index contributed by atoms with van der Waals surface area (Å²) >= 11 is 0. The summed E-state index contributed by atoms with van der Waals surface area (Å²) in [5, 5.41) is 5.33. The number of hydrogen-bond acceptors (Lipinski definition) is 5. The topological polar surface area (TPSA) is 90.5 Å². The van der Waals surface area contributed by atoms with Gasteiger partial charge in [-0.2, -0.15) is 31.3 Å². The maximum atomic E-state index is 13.4. The van der Waals surface area contributed by atoms with E-state index in [-0.39, 0.29) is 40.8 Å². The Morgan fingerprint density at radius 2 is 1.59 bits per heavy atom. The van der Waals surface area contributed by atoms with Crippen molar-refractivity contribution >= 4 is 40.8 Å². The fraction of sp³-hybridized carbons (Fsp3) is 0.200. The number of urea groups is 1. The number of nitrogens with zero attached hydrogens (tertiary/aromatic N) is 4. The Balaban J connectivity index is 1.37. The van der Waals surface area contributed by atoms with E-state index in [0.29, 0.717) is 16.8 Å². The lowest BCUT2D eigenvalue weighted by Crippen LogP contribution is -2.46. The monoisotopic (exact) mass is 614 g/mol. The lowest BCUT2D eigenvalue weighted by Gasteiger charge is -2.35. The number of carbonyl (C=O) groups is 2. The molecule has 1 aliphatic rings. The molecule has 0 aliphatic carbocycles. The molecule has 0 fully saturated rings. The molecule has 3 amide bonds. The zero-order valence-electron chi connectivity index (χ0n) is 23.4. The molecule has 1 aromatic heterocycles. The van der Waals surface area contributed by atoms with Crippen molar-refractivity contribution in [3.63, 3.8) is 0 Å². The summed E-state index contributed by atoms with van der Waals surface area (Å²) in [6.07, 6.45) is -7.69. The van der Waals surface area contributed by atoms with Gasteiger partial charge in [0.1, 0.15) is 5.82 Å². The molecule has 1 aliphatic heterocycles. The molecule has 2 N–H and O–H groups in total. The lowest BCUT2D eigenvalue weighted by molar-refractivity contribution is -0.138. The highest BCUT2D eigenvalue weighted by Crippen LogP contribution is 2.36. The summed E-state index contributed by atoms with van der Waals surface area (Å²) in [6.45, 7) is 3.14. The number of hydrogen-bond donors (Lipinski definition) is 2. The zero-order chi connectivity index (χ0) is 32.0. The van der Waals surface area contributed by atoms with Crippen molar-refractivity contribution < 1.29 is 35.9 Å². The second-order valence-corrected chi connectivity index (χ2v) is 10.2. The van der Waals surface area contributed by atoms with E-state index in [0.717, 1.165) is 24.3 Å². The predicted molar refractivity (Wildman–Crippen MR) is 152 cm³/mol. The third-order valence-electron chi connectivity index (χ3n) is 7.01. The summed E-state index contributed by atoms with van der Waals surface area (Å²) in [5.74, 6) is -0.523. The van der Waals surface area contributed by atoms with Crippen molar-refractivity contribution in [2.24, 2.45) is 0 Å². The average Bonchev–Trinajstić information content (AvgIpc) is 2.96. The molecule has 3 aromatic carbocycles. The number of benzene rings is 3. The molecule has 5 rings (SSSR count). The van der Waals surface area contributed by atoms with Crippen LogP contribution in [0.5, 0.6) is 0 Å². The molecule has 228 valence electrons. The maximum Gasteiger partial charge on any atom is 0.416 e. The fourth-order valence-electron chi connectivity index (χ4n) is 4.71. The molecule has 4 aromatic rings. The van der Waals surface area contributed by atoms with Gasteiger partial charge in [-0.05, 0) is 67.4 Å². The first-order valence-corrected chi connectivity index (χ1v) is 13.1. The smallest absolute Gasteiger partial charge is 0.324 e. The molecule has 0 unspecified atom stereocenters. The van der Waals surface area contributed by atoms with Crippen molar-refractivity contribution in [1.29, 1.82) is 0 Å². The number of anilines is 5. The number of alkyl halides is 6. The van der Waals surface area contributed by atoms with Crippen LogP contribution in [-0.4, -0.2) is 29.0 Å². The van der Waals surface area contributed by atoms with Crippen molar-refractivity contribution in [1.82, 2.24) is 9.97 Å². The van der Waals surface area contributed by atoms with E-state index < -0.39 is 35.4 Å². The van der Waals surface area contributed by atoms with Crippen LogP contribution < -0.4 is 20.4 Å². The number of aryl methyl sites for hydroxylation is 2. The highest BCUT2D eigenvalue weighted by atomic mass is 19.4. The Morgan fingerprint density at radius 1 is 0.886 bits per heavy atom. The van der Waals surface area contributed by atoms with Crippen molar-refractivity contribution in [2.45, 2.75) is 32.7 Å². The normalized spacial score (nSPS) is 13.5. The Labute approximate surface area is 247 Å². The number of amides is 3. The van der Waals surface area contributed by atoms with Gasteiger partial charge in [0.25, 0.3) is 5.91 Å². The van der Waals surface area contributed by atoms with Gasteiger partial charge in [-0.1, -0.05) is 18.2 Å². The minimum atomic E-state index is -4.61. The van der Waals surface area contributed by atoms with Crippen LogP contribution in [0, 0.1) is 13.8 Å². The van der Waals surface area contributed by atoms with Gasteiger partial charge in [-0.3, -0.25) is 14.6 Å². The van der Waals surface area contributed by atoms with E-state index >= 15 is 0 Å². The SMILES string of the molecule is Cc1ccc(NC(=O)c2cccc(C(F)(F)F)c2)cc1N1Cc2cnc(Nc3ccc(C)c(C(F)(F)F)c3)nc2N(C)C1=O. The first-order valence-electron chi connectivity index (χ1n) is 13.1. The minimum absolute atomic E-state index is 0.00990. The number of nitrogens with one attached hydrogen (secondary N) is 2. The van der Waals surface area contributed by atoms with Gasteiger partial charge in [0.2, 0.25) is 5.95 Å². The lowest BCUT2D eigenvalue weighted by atomic mass is 10.1. The minimum Gasteiger partial charge on any atom is -0.324 e. The van der Waals surface area contributed by atoms with E-state index in [4.69, 9.17) is 0 Å².